The smallest absolute Gasteiger partial charge is 0.255 e. The third-order valence-electron chi connectivity index (χ3n) is 4.36. The normalized spacial score (nSPS) is 21.4. The van der Waals surface area contributed by atoms with Crippen LogP contribution >= 0.6 is 0 Å². The molecule has 3 unspecified atom stereocenters. The predicted octanol–water partition coefficient (Wildman–Crippen LogP) is 1.60. The highest BCUT2D eigenvalue weighted by Crippen LogP contribution is 2.14. The van der Waals surface area contributed by atoms with Gasteiger partial charge in [-0.3, -0.25) is 14.4 Å². The number of hydrogen-bond donors (Lipinski definition) is 2. The van der Waals surface area contributed by atoms with Crippen molar-refractivity contribution in [2.24, 2.45) is 5.92 Å². The Kier molecular flexibility index (Phi) is 6.36. The number of rotatable bonds is 7. The zero-order chi connectivity index (χ0) is 18.6. The average molecular weight is 350 g/mol. The lowest BCUT2D eigenvalue weighted by molar-refractivity contribution is -0.127. The zero-order valence-corrected chi connectivity index (χ0v) is 15.1. The molecule has 7 heteroatoms. The van der Waals surface area contributed by atoms with Crippen molar-refractivity contribution in [3.8, 4) is 0 Å². The van der Waals surface area contributed by atoms with Crippen LogP contribution in [0.3, 0.4) is 0 Å². The molecule has 0 bridgehead atoms. The van der Waals surface area contributed by atoms with Gasteiger partial charge in [0.05, 0.1) is 17.9 Å². The first-order valence-corrected chi connectivity index (χ1v) is 8.59. The fraction of sp³-hybridized carbons (Fsp3) is 0.611. The number of carbonyl (C=O) groups excluding carboxylic acids is 3. The summed E-state index contributed by atoms with van der Waals surface area (Å²) in [5.74, 6) is -0.00439. The maximum Gasteiger partial charge on any atom is 0.255 e. The molecule has 2 heterocycles. The van der Waals surface area contributed by atoms with Gasteiger partial charge in [-0.05, 0) is 38.7 Å². The van der Waals surface area contributed by atoms with Crippen molar-refractivity contribution in [1.82, 2.24) is 10.6 Å². The molecule has 138 valence electrons. The summed E-state index contributed by atoms with van der Waals surface area (Å²) in [6, 6.07) is 0.185. The minimum absolute atomic E-state index is 0.00332. The van der Waals surface area contributed by atoms with Crippen LogP contribution < -0.4 is 10.6 Å². The fourth-order valence-corrected chi connectivity index (χ4v) is 2.74. The van der Waals surface area contributed by atoms with Gasteiger partial charge in [-0.25, -0.2) is 0 Å². The molecular formula is C18H26N2O5. The van der Waals surface area contributed by atoms with Gasteiger partial charge >= 0.3 is 0 Å². The molecule has 1 aliphatic heterocycles. The lowest BCUT2D eigenvalue weighted by Gasteiger charge is -2.22. The first kappa shape index (κ1) is 19.2. The van der Waals surface area contributed by atoms with Gasteiger partial charge in [0.2, 0.25) is 5.91 Å². The minimum Gasteiger partial charge on any atom is -0.469 e. The molecule has 1 fully saturated rings. The van der Waals surface area contributed by atoms with Crippen LogP contribution in [0.2, 0.25) is 0 Å². The highest BCUT2D eigenvalue weighted by molar-refractivity contribution is 5.99. The first-order valence-electron chi connectivity index (χ1n) is 8.59. The Balaban J connectivity index is 2.06. The Morgan fingerprint density at radius 1 is 1.32 bits per heavy atom. The molecule has 0 aromatic carbocycles. The monoisotopic (exact) mass is 350 g/mol. The van der Waals surface area contributed by atoms with Crippen LogP contribution in [0, 0.1) is 12.8 Å². The maximum absolute atomic E-state index is 12.6. The molecule has 0 aliphatic carbocycles. The lowest BCUT2D eigenvalue weighted by Crippen LogP contribution is -2.53. The Morgan fingerprint density at radius 3 is 2.56 bits per heavy atom. The molecule has 2 amide bonds. The van der Waals surface area contributed by atoms with Gasteiger partial charge < -0.3 is 19.8 Å². The Morgan fingerprint density at radius 2 is 2.04 bits per heavy atom. The summed E-state index contributed by atoms with van der Waals surface area (Å²) >= 11 is 0. The van der Waals surface area contributed by atoms with Gasteiger partial charge in [-0.15, -0.1) is 0 Å². The van der Waals surface area contributed by atoms with Crippen LogP contribution in [0.25, 0.3) is 0 Å². The van der Waals surface area contributed by atoms with E-state index in [0.29, 0.717) is 23.7 Å². The van der Waals surface area contributed by atoms with E-state index in [4.69, 9.17) is 9.15 Å². The molecule has 1 aliphatic rings. The van der Waals surface area contributed by atoms with Crippen LogP contribution in [-0.4, -0.2) is 42.4 Å². The first-order chi connectivity index (χ1) is 11.8. The summed E-state index contributed by atoms with van der Waals surface area (Å²) in [6.45, 7) is 7.53. The third-order valence-corrected chi connectivity index (χ3v) is 4.36. The Bertz CT molecular complexity index is 637. The molecule has 2 N–H and O–H groups in total. The second kappa shape index (κ2) is 8.29. The summed E-state index contributed by atoms with van der Waals surface area (Å²) in [5.41, 5.74) is 0.399. The lowest BCUT2D eigenvalue weighted by atomic mass is 10.0. The van der Waals surface area contributed by atoms with Gasteiger partial charge in [0, 0.05) is 0 Å². The third kappa shape index (κ3) is 4.92. The molecule has 3 atom stereocenters. The molecule has 25 heavy (non-hydrogen) atoms. The molecule has 2 rings (SSSR count). The van der Waals surface area contributed by atoms with Crippen LogP contribution in [0.15, 0.2) is 16.7 Å². The van der Waals surface area contributed by atoms with Gasteiger partial charge in [0.25, 0.3) is 5.91 Å². The molecule has 1 aromatic rings. The molecule has 0 spiro atoms. The van der Waals surface area contributed by atoms with Crippen LogP contribution in [0.1, 0.15) is 49.7 Å². The zero-order valence-electron chi connectivity index (χ0n) is 15.1. The standard InChI is InChI=1S/C18H26N2O5/c1-10(2)5-6-14(19-17(22)13-7-8-24-11(13)3)18(23)20-16-12(4)25-9-15(16)21/h7-8,10,12,14,16H,5-6,9H2,1-4H3,(H,19,22)(H,20,23). The quantitative estimate of drug-likeness (QED) is 0.778. The molecule has 1 saturated heterocycles. The Labute approximate surface area is 147 Å². The van der Waals surface area contributed by atoms with E-state index in [9.17, 15) is 14.4 Å². The van der Waals surface area contributed by atoms with Crippen LogP contribution in [0.5, 0.6) is 0 Å². The topological polar surface area (TPSA) is 97.6 Å². The second-order valence-corrected chi connectivity index (χ2v) is 6.86. The number of amides is 2. The minimum atomic E-state index is -0.718. The summed E-state index contributed by atoms with van der Waals surface area (Å²) in [4.78, 5) is 36.9. The van der Waals surface area contributed by atoms with Gasteiger partial charge in [0.15, 0.2) is 5.78 Å². The van der Waals surface area contributed by atoms with Crippen LogP contribution in [-0.2, 0) is 14.3 Å². The van der Waals surface area contributed by atoms with Gasteiger partial charge in [-0.2, -0.15) is 0 Å². The SMILES string of the molecule is Cc1occc1C(=O)NC(CCC(C)C)C(=O)NC1C(=O)COC1C. The van der Waals surface area contributed by atoms with Crippen molar-refractivity contribution in [2.75, 3.05) is 6.61 Å². The molecule has 0 radical (unpaired) electrons. The summed E-state index contributed by atoms with van der Waals surface area (Å²) < 4.78 is 10.4. The number of ether oxygens (including phenoxy) is 1. The summed E-state index contributed by atoms with van der Waals surface area (Å²) in [7, 11) is 0. The maximum atomic E-state index is 12.6. The summed E-state index contributed by atoms with van der Waals surface area (Å²) in [5, 5.41) is 5.47. The van der Waals surface area contributed by atoms with Crippen molar-refractivity contribution in [3.63, 3.8) is 0 Å². The Hall–Kier alpha value is -2.15. The molecule has 1 aromatic heterocycles. The molecular weight excluding hydrogens is 324 g/mol. The molecule has 0 saturated carbocycles. The number of Topliss-reactive ketones (excluding diaryl/α,β-unsaturated/α-hetero) is 1. The van der Waals surface area contributed by atoms with Crippen LogP contribution in [0.4, 0.5) is 0 Å². The number of nitrogens with one attached hydrogen (secondary N) is 2. The van der Waals surface area contributed by atoms with Crippen molar-refractivity contribution < 1.29 is 23.5 Å². The number of carbonyl (C=O) groups is 3. The fourth-order valence-electron chi connectivity index (χ4n) is 2.74. The van der Waals surface area contributed by atoms with E-state index >= 15 is 0 Å². The average Bonchev–Trinajstić information content (AvgIpc) is 3.11. The molecule has 7 nitrogen and oxygen atoms in total. The van der Waals surface area contributed by atoms with E-state index in [-0.39, 0.29) is 30.3 Å². The van der Waals surface area contributed by atoms with E-state index in [1.807, 2.05) is 13.8 Å². The van der Waals surface area contributed by atoms with Crippen molar-refractivity contribution in [3.05, 3.63) is 23.7 Å². The van der Waals surface area contributed by atoms with E-state index in [0.717, 1.165) is 6.42 Å². The number of hydrogen-bond acceptors (Lipinski definition) is 5. The number of ketones is 1. The number of furan rings is 1. The predicted molar refractivity (Wildman–Crippen MR) is 91.1 cm³/mol. The van der Waals surface area contributed by atoms with Gasteiger partial charge in [0.1, 0.15) is 24.5 Å². The highest BCUT2D eigenvalue weighted by Gasteiger charge is 2.35. The van der Waals surface area contributed by atoms with Gasteiger partial charge in [-0.1, -0.05) is 13.8 Å². The van der Waals surface area contributed by atoms with E-state index in [1.54, 1.807) is 19.9 Å². The second-order valence-electron chi connectivity index (χ2n) is 6.86. The summed E-state index contributed by atoms with van der Waals surface area (Å²) in [6.07, 6.45) is 2.33. The van der Waals surface area contributed by atoms with Crippen molar-refractivity contribution in [1.29, 1.82) is 0 Å². The van der Waals surface area contributed by atoms with Crippen molar-refractivity contribution >= 4 is 17.6 Å². The van der Waals surface area contributed by atoms with E-state index < -0.39 is 12.1 Å². The van der Waals surface area contributed by atoms with Crippen molar-refractivity contribution in [2.45, 2.75) is 58.7 Å². The number of aryl methyl sites for hydroxylation is 1. The van der Waals surface area contributed by atoms with E-state index in [2.05, 4.69) is 10.6 Å². The highest BCUT2D eigenvalue weighted by atomic mass is 16.5. The van der Waals surface area contributed by atoms with E-state index in [1.165, 1.54) is 6.26 Å². The largest absolute Gasteiger partial charge is 0.469 e.